The molecule has 2 heterocycles. The van der Waals surface area contributed by atoms with Crippen LogP contribution in [0, 0.1) is 0 Å². The standard InChI is InChI=1S/C19H23NO3/c1-11-6-7-19(21)14-10-12-4-5-13(22-3)16-15(12)18(19,17(11)23-16)8-9-20(14)2/h4-5,14,17,21H,1,6-10H2,2-3H3/t14-,17+,18?,19?/m0/s1. The van der Waals surface area contributed by atoms with Crippen LogP contribution in [-0.2, 0) is 11.8 Å². The zero-order valence-electron chi connectivity index (χ0n) is 13.8. The number of benzene rings is 1. The third kappa shape index (κ3) is 1.33. The predicted octanol–water partition coefficient (Wildman–Crippen LogP) is 2.04. The van der Waals surface area contributed by atoms with E-state index in [1.165, 1.54) is 11.1 Å². The Kier molecular flexibility index (Phi) is 2.48. The third-order valence-electron chi connectivity index (χ3n) is 6.88. The fourth-order valence-electron chi connectivity index (χ4n) is 5.81. The molecule has 0 aromatic heterocycles. The summed E-state index contributed by atoms with van der Waals surface area (Å²) in [5, 5.41) is 11.9. The van der Waals surface area contributed by atoms with Gasteiger partial charge in [-0.05, 0) is 56.5 Å². The van der Waals surface area contributed by atoms with Crippen molar-refractivity contribution in [3.63, 3.8) is 0 Å². The molecule has 122 valence electrons. The molecular formula is C19H23NO3. The first-order chi connectivity index (χ1) is 11.0. The van der Waals surface area contributed by atoms with E-state index in [4.69, 9.17) is 9.47 Å². The summed E-state index contributed by atoms with van der Waals surface area (Å²) in [4.78, 5) is 2.33. The van der Waals surface area contributed by atoms with E-state index in [9.17, 15) is 5.11 Å². The number of hydrogen-bond donors (Lipinski definition) is 1. The summed E-state index contributed by atoms with van der Waals surface area (Å²) in [7, 11) is 3.82. The second-order valence-electron chi connectivity index (χ2n) is 7.63. The molecule has 0 radical (unpaired) electrons. The fraction of sp³-hybridized carbons (Fsp3) is 0.579. The van der Waals surface area contributed by atoms with Crippen molar-refractivity contribution in [1.82, 2.24) is 4.90 Å². The molecule has 2 unspecified atom stereocenters. The average Bonchev–Trinajstić information content (AvgIpc) is 2.90. The highest BCUT2D eigenvalue weighted by atomic mass is 16.5. The van der Waals surface area contributed by atoms with E-state index in [1.54, 1.807) is 7.11 Å². The highest BCUT2D eigenvalue weighted by Gasteiger charge is 2.71. The van der Waals surface area contributed by atoms with E-state index >= 15 is 0 Å². The summed E-state index contributed by atoms with van der Waals surface area (Å²) >= 11 is 0. The van der Waals surface area contributed by atoms with Gasteiger partial charge in [-0.3, -0.25) is 0 Å². The number of piperidine rings is 1. The van der Waals surface area contributed by atoms with Crippen LogP contribution in [0.15, 0.2) is 24.3 Å². The van der Waals surface area contributed by atoms with Gasteiger partial charge in [-0.25, -0.2) is 0 Å². The second kappa shape index (κ2) is 4.11. The first-order valence-corrected chi connectivity index (χ1v) is 8.50. The van der Waals surface area contributed by atoms with E-state index in [0.29, 0.717) is 0 Å². The SMILES string of the molecule is C=C1CCC2(O)[C@@H]3Cc4ccc(OC)c5c4C2(CCN3C)[C@@H]1O5. The summed E-state index contributed by atoms with van der Waals surface area (Å²) in [5.74, 6) is 1.62. The highest BCUT2D eigenvalue weighted by Crippen LogP contribution is 2.65. The minimum absolute atomic E-state index is 0.122. The molecule has 2 aliphatic heterocycles. The molecule has 0 amide bonds. The number of rotatable bonds is 1. The smallest absolute Gasteiger partial charge is 0.166 e. The number of hydrogen-bond acceptors (Lipinski definition) is 4. The third-order valence-corrected chi connectivity index (χ3v) is 6.88. The van der Waals surface area contributed by atoms with Crippen LogP contribution in [0.25, 0.3) is 0 Å². The number of aliphatic hydroxyl groups is 1. The van der Waals surface area contributed by atoms with Crippen LogP contribution in [0.4, 0.5) is 0 Å². The van der Waals surface area contributed by atoms with Crippen LogP contribution in [0.5, 0.6) is 11.5 Å². The predicted molar refractivity (Wildman–Crippen MR) is 87.2 cm³/mol. The first-order valence-electron chi connectivity index (χ1n) is 8.50. The molecule has 4 aliphatic rings. The van der Waals surface area contributed by atoms with Crippen molar-refractivity contribution in [3.05, 3.63) is 35.4 Å². The van der Waals surface area contributed by atoms with Crippen LogP contribution in [0.2, 0.25) is 0 Å². The van der Waals surface area contributed by atoms with Gasteiger partial charge < -0.3 is 19.5 Å². The van der Waals surface area contributed by atoms with Crippen LogP contribution < -0.4 is 9.47 Å². The number of likely N-dealkylation sites (N-methyl/N-ethyl adjacent to an activating group) is 1. The van der Waals surface area contributed by atoms with Crippen LogP contribution in [0.3, 0.4) is 0 Å². The van der Waals surface area contributed by atoms with Crippen molar-refractivity contribution in [2.24, 2.45) is 0 Å². The number of likely N-dealkylation sites (tertiary alicyclic amines) is 1. The average molecular weight is 313 g/mol. The molecule has 1 aromatic rings. The maximum Gasteiger partial charge on any atom is 0.166 e. The molecular weight excluding hydrogens is 290 g/mol. The molecule has 2 bridgehead atoms. The molecule has 4 nitrogen and oxygen atoms in total. The summed E-state index contributed by atoms with van der Waals surface area (Å²) in [6.07, 6.45) is 3.27. The Morgan fingerprint density at radius 3 is 3.00 bits per heavy atom. The summed E-state index contributed by atoms with van der Waals surface area (Å²) in [6, 6.07) is 4.32. The molecule has 1 aromatic carbocycles. The Bertz CT molecular complexity index is 730. The number of ether oxygens (including phenoxy) is 2. The molecule has 4 heteroatoms. The van der Waals surface area contributed by atoms with Gasteiger partial charge in [0.25, 0.3) is 0 Å². The molecule has 5 rings (SSSR count). The van der Waals surface area contributed by atoms with Crippen molar-refractivity contribution in [1.29, 1.82) is 0 Å². The van der Waals surface area contributed by atoms with Gasteiger partial charge >= 0.3 is 0 Å². The normalized spacial score (nSPS) is 40.6. The van der Waals surface area contributed by atoms with Gasteiger partial charge in [-0.1, -0.05) is 12.6 Å². The Hall–Kier alpha value is -1.52. The Morgan fingerprint density at radius 1 is 1.39 bits per heavy atom. The van der Waals surface area contributed by atoms with Crippen molar-refractivity contribution in [2.75, 3.05) is 20.7 Å². The topological polar surface area (TPSA) is 41.9 Å². The quantitative estimate of drug-likeness (QED) is 0.806. The van der Waals surface area contributed by atoms with Crippen LogP contribution in [-0.4, -0.2) is 48.5 Å². The van der Waals surface area contributed by atoms with Gasteiger partial charge in [0.15, 0.2) is 11.5 Å². The van der Waals surface area contributed by atoms with E-state index in [2.05, 4.69) is 24.6 Å². The van der Waals surface area contributed by atoms with E-state index in [-0.39, 0.29) is 17.6 Å². The van der Waals surface area contributed by atoms with E-state index < -0.39 is 5.60 Å². The summed E-state index contributed by atoms with van der Waals surface area (Å²) in [5.41, 5.74) is 2.53. The molecule has 23 heavy (non-hydrogen) atoms. The lowest BCUT2D eigenvalue weighted by Crippen LogP contribution is -2.74. The van der Waals surface area contributed by atoms with E-state index in [1.807, 2.05) is 6.07 Å². The Morgan fingerprint density at radius 2 is 2.22 bits per heavy atom. The van der Waals surface area contributed by atoms with Gasteiger partial charge in [-0.2, -0.15) is 0 Å². The monoisotopic (exact) mass is 313 g/mol. The van der Waals surface area contributed by atoms with Crippen molar-refractivity contribution in [2.45, 2.75) is 48.8 Å². The molecule has 2 fully saturated rings. The van der Waals surface area contributed by atoms with E-state index in [0.717, 1.165) is 49.3 Å². The summed E-state index contributed by atoms with van der Waals surface area (Å²) in [6.45, 7) is 5.27. The number of methoxy groups -OCH3 is 1. The lowest BCUT2D eigenvalue weighted by molar-refractivity contribution is -0.168. The molecule has 1 N–H and O–H groups in total. The number of nitrogens with zero attached hydrogens (tertiary/aromatic N) is 1. The molecule has 1 saturated heterocycles. The van der Waals surface area contributed by atoms with Crippen LogP contribution in [0.1, 0.15) is 30.4 Å². The highest BCUT2D eigenvalue weighted by molar-refractivity contribution is 5.64. The Balaban J connectivity index is 1.86. The molecule has 1 spiro atoms. The van der Waals surface area contributed by atoms with Gasteiger partial charge in [0.05, 0.1) is 18.1 Å². The first kappa shape index (κ1) is 13.9. The minimum atomic E-state index is -0.740. The van der Waals surface area contributed by atoms with Crippen molar-refractivity contribution >= 4 is 0 Å². The maximum absolute atomic E-state index is 11.9. The fourth-order valence-corrected chi connectivity index (χ4v) is 5.81. The van der Waals surface area contributed by atoms with Crippen LogP contribution >= 0.6 is 0 Å². The minimum Gasteiger partial charge on any atom is -0.493 e. The molecule has 4 atom stereocenters. The maximum atomic E-state index is 11.9. The molecule has 2 aliphatic carbocycles. The van der Waals surface area contributed by atoms with Gasteiger partial charge in [0, 0.05) is 11.6 Å². The zero-order valence-corrected chi connectivity index (χ0v) is 13.8. The second-order valence-corrected chi connectivity index (χ2v) is 7.63. The molecule has 1 saturated carbocycles. The van der Waals surface area contributed by atoms with Gasteiger partial charge in [0.2, 0.25) is 0 Å². The lowest BCUT2D eigenvalue weighted by atomic mass is 9.48. The lowest BCUT2D eigenvalue weighted by Gasteiger charge is -2.62. The summed E-state index contributed by atoms with van der Waals surface area (Å²) < 4.78 is 12.0. The zero-order chi connectivity index (χ0) is 16.0. The van der Waals surface area contributed by atoms with Crippen molar-refractivity contribution < 1.29 is 14.6 Å². The van der Waals surface area contributed by atoms with Gasteiger partial charge in [-0.15, -0.1) is 0 Å². The van der Waals surface area contributed by atoms with Crippen molar-refractivity contribution in [3.8, 4) is 11.5 Å². The Labute approximate surface area is 136 Å². The largest absolute Gasteiger partial charge is 0.493 e. The van der Waals surface area contributed by atoms with Gasteiger partial charge in [0.1, 0.15) is 6.10 Å².